The maximum absolute atomic E-state index is 12.0. The van der Waals surface area contributed by atoms with Crippen LogP contribution in [0.25, 0.3) is 0 Å². The third-order valence-corrected chi connectivity index (χ3v) is 3.56. The van der Waals surface area contributed by atoms with Crippen LogP contribution in [0, 0.1) is 0 Å². The van der Waals surface area contributed by atoms with Gasteiger partial charge in [0.2, 0.25) is 5.72 Å². The Hall–Kier alpha value is -1.94. The molecule has 2 heterocycles. The van der Waals surface area contributed by atoms with Crippen molar-refractivity contribution in [3.05, 3.63) is 46.4 Å². The number of ketones is 1. The van der Waals surface area contributed by atoms with Gasteiger partial charge in [-0.1, -0.05) is 11.6 Å². The number of fused-ring (bicyclic) bond motifs is 1. The molecule has 2 aliphatic heterocycles. The van der Waals surface area contributed by atoms with E-state index in [2.05, 4.69) is 5.32 Å². The van der Waals surface area contributed by atoms with Crippen molar-refractivity contribution in [2.24, 2.45) is 0 Å². The highest BCUT2D eigenvalue weighted by Crippen LogP contribution is 2.45. The Balaban J connectivity index is 2.13. The standard InChI is InChI=1S/C15H14ClNO3/c1-8-7-15(14(9(2)18)10(3)19-8)17-12-6-11(16)4-5-13(12)20-15/h4-7,17H,1-3H3/t15-/m1/s1. The van der Waals surface area contributed by atoms with Crippen molar-refractivity contribution in [1.82, 2.24) is 0 Å². The minimum absolute atomic E-state index is 0.0994. The molecule has 1 spiro atoms. The van der Waals surface area contributed by atoms with E-state index in [-0.39, 0.29) is 5.78 Å². The third kappa shape index (κ3) is 1.88. The van der Waals surface area contributed by atoms with Gasteiger partial charge in [0.15, 0.2) is 5.78 Å². The number of allylic oxidation sites excluding steroid dienone is 2. The second kappa shape index (κ2) is 4.28. The van der Waals surface area contributed by atoms with Crippen LogP contribution in [-0.2, 0) is 9.53 Å². The van der Waals surface area contributed by atoms with Crippen LogP contribution in [0.1, 0.15) is 20.8 Å². The van der Waals surface area contributed by atoms with Crippen LogP contribution < -0.4 is 10.1 Å². The van der Waals surface area contributed by atoms with E-state index in [1.807, 2.05) is 6.92 Å². The quantitative estimate of drug-likeness (QED) is 0.858. The zero-order chi connectivity index (χ0) is 14.5. The average Bonchev–Trinajstić information content (AvgIpc) is 2.63. The summed E-state index contributed by atoms with van der Waals surface area (Å²) < 4.78 is 11.5. The molecule has 0 radical (unpaired) electrons. The molecule has 1 atom stereocenters. The molecule has 0 aliphatic carbocycles. The molecule has 0 amide bonds. The van der Waals surface area contributed by atoms with Crippen LogP contribution >= 0.6 is 11.6 Å². The van der Waals surface area contributed by atoms with Crippen LogP contribution in [0.3, 0.4) is 0 Å². The molecule has 0 fully saturated rings. The fourth-order valence-corrected chi connectivity index (χ4v) is 2.89. The maximum Gasteiger partial charge on any atom is 0.237 e. The van der Waals surface area contributed by atoms with Crippen molar-refractivity contribution < 1.29 is 14.3 Å². The molecule has 1 aromatic carbocycles. The topological polar surface area (TPSA) is 47.6 Å². The Morgan fingerprint density at radius 1 is 1.35 bits per heavy atom. The predicted octanol–water partition coefficient (Wildman–Crippen LogP) is 3.64. The summed E-state index contributed by atoms with van der Waals surface area (Å²) in [7, 11) is 0. The van der Waals surface area contributed by atoms with Gasteiger partial charge in [0, 0.05) is 11.1 Å². The van der Waals surface area contributed by atoms with E-state index in [0.717, 1.165) is 5.69 Å². The van der Waals surface area contributed by atoms with E-state index in [9.17, 15) is 4.79 Å². The summed E-state index contributed by atoms with van der Waals surface area (Å²) in [6.45, 7) is 5.08. The molecule has 0 saturated heterocycles. The highest BCUT2D eigenvalue weighted by molar-refractivity contribution is 6.31. The predicted molar refractivity (Wildman–Crippen MR) is 76.7 cm³/mol. The summed E-state index contributed by atoms with van der Waals surface area (Å²) in [6, 6.07) is 5.31. The van der Waals surface area contributed by atoms with E-state index in [4.69, 9.17) is 21.1 Å². The van der Waals surface area contributed by atoms with E-state index in [1.54, 1.807) is 31.2 Å². The van der Waals surface area contributed by atoms with Gasteiger partial charge in [0.05, 0.1) is 5.69 Å². The molecule has 0 bridgehead atoms. The van der Waals surface area contributed by atoms with Gasteiger partial charge in [-0.3, -0.25) is 4.79 Å². The molecule has 0 unspecified atom stereocenters. The lowest BCUT2D eigenvalue weighted by Crippen LogP contribution is -2.45. The van der Waals surface area contributed by atoms with Gasteiger partial charge in [-0.2, -0.15) is 0 Å². The van der Waals surface area contributed by atoms with Gasteiger partial charge < -0.3 is 14.8 Å². The number of carbonyl (C=O) groups excluding carboxylic acids is 1. The van der Waals surface area contributed by atoms with E-state index >= 15 is 0 Å². The van der Waals surface area contributed by atoms with Crippen molar-refractivity contribution in [2.75, 3.05) is 5.32 Å². The molecular formula is C15H14ClNO3. The highest BCUT2D eigenvalue weighted by Gasteiger charge is 2.46. The summed E-state index contributed by atoms with van der Waals surface area (Å²) in [4.78, 5) is 12.0. The van der Waals surface area contributed by atoms with E-state index in [1.165, 1.54) is 6.92 Å². The van der Waals surface area contributed by atoms with E-state index in [0.29, 0.717) is 27.9 Å². The second-order valence-electron chi connectivity index (χ2n) is 4.95. The summed E-state index contributed by atoms with van der Waals surface area (Å²) in [6.07, 6.45) is 1.77. The molecule has 2 aliphatic rings. The number of hydrogen-bond donors (Lipinski definition) is 1. The fourth-order valence-electron chi connectivity index (χ4n) is 2.72. The third-order valence-electron chi connectivity index (χ3n) is 3.33. The SMILES string of the molecule is CC(=O)C1=C(C)OC(C)=C[C@]12Nc1cc(Cl)ccc1O2. The van der Waals surface area contributed by atoms with Gasteiger partial charge in [0.25, 0.3) is 0 Å². The Kier molecular flexibility index (Phi) is 2.80. The van der Waals surface area contributed by atoms with Crippen molar-refractivity contribution in [3.8, 4) is 5.75 Å². The van der Waals surface area contributed by atoms with Crippen LogP contribution in [0.2, 0.25) is 5.02 Å². The van der Waals surface area contributed by atoms with Crippen molar-refractivity contribution in [1.29, 1.82) is 0 Å². The number of benzene rings is 1. The van der Waals surface area contributed by atoms with Crippen molar-refractivity contribution >= 4 is 23.1 Å². The summed E-state index contributed by atoms with van der Waals surface area (Å²) >= 11 is 5.99. The Morgan fingerprint density at radius 2 is 2.10 bits per heavy atom. The normalized spacial score (nSPS) is 23.7. The van der Waals surface area contributed by atoms with Gasteiger partial charge in [0.1, 0.15) is 22.8 Å². The fraction of sp³-hybridized carbons (Fsp3) is 0.267. The molecule has 1 aromatic rings. The number of ether oxygens (including phenoxy) is 2. The first-order chi connectivity index (χ1) is 9.41. The van der Waals surface area contributed by atoms with Crippen LogP contribution in [-0.4, -0.2) is 11.5 Å². The number of hydrogen-bond acceptors (Lipinski definition) is 4. The zero-order valence-electron chi connectivity index (χ0n) is 11.4. The number of rotatable bonds is 1. The maximum atomic E-state index is 12.0. The minimum atomic E-state index is -1.01. The largest absolute Gasteiger partial charge is 0.466 e. The number of nitrogens with one attached hydrogen (secondary N) is 1. The molecule has 4 nitrogen and oxygen atoms in total. The highest BCUT2D eigenvalue weighted by atomic mass is 35.5. The lowest BCUT2D eigenvalue weighted by molar-refractivity contribution is -0.115. The second-order valence-corrected chi connectivity index (χ2v) is 5.38. The van der Waals surface area contributed by atoms with Gasteiger partial charge >= 0.3 is 0 Å². The Bertz CT molecular complexity index is 678. The molecular weight excluding hydrogens is 278 g/mol. The monoisotopic (exact) mass is 291 g/mol. The summed E-state index contributed by atoms with van der Waals surface area (Å²) in [5.74, 6) is 1.78. The summed E-state index contributed by atoms with van der Waals surface area (Å²) in [5, 5.41) is 3.85. The average molecular weight is 292 g/mol. The number of Topliss-reactive ketones (excluding diaryl/α,β-unsaturated/α-hetero) is 1. The lowest BCUT2D eigenvalue weighted by atomic mass is 9.95. The zero-order valence-corrected chi connectivity index (χ0v) is 12.2. The molecule has 5 heteroatoms. The number of halogens is 1. The number of anilines is 1. The van der Waals surface area contributed by atoms with Crippen LogP contribution in [0.4, 0.5) is 5.69 Å². The molecule has 104 valence electrons. The van der Waals surface area contributed by atoms with Crippen molar-refractivity contribution in [3.63, 3.8) is 0 Å². The number of carbonyl (C=O) groups is 1. The van der Waals surface area contributed by atoms with Crippen LogP contribution in [0.5, 0.6) is 5.75 Å². The summed E-state index contributed by atoms with van der Waals surface area (Å²) in [5.41, 5.74) is 0.219. The van der Waals surface area contributed by atoms with Gasteiger partial charge in [-0.05, 0) is 39.0 Å². The first-order valence-electron chi connectivity index (χ1n) is 6.27. The van der Waals surface area contributed by atoms with Gasteiger partial charge in [-0.15, -0.1) is 0 Å². The lowest BCUT2D eigenvalue weighted by Gasteiger charge is -2.32. The molecule has 20 heavy (non-hydrogen) atoms. The first kappa shape index (κ1) is 13.1. The molecule has 1 N–H and O–H groups in total. The van der Waals surface area contributed by atoms with Crippen molar-refractivity contribution in [2.45, 2.75) is 26.5 Å². The molecule has 3 rings (SSSR count). The smallest absolute Gasteiger partial charge is 0.237 e. The molecule has 0 aromatic heterocycles. The first-order valence-corrected chi connectivity index (χ1v) is 6.65. The minimum Gasteiger partial charge on any atom is -0.466 e. The van der Waals surface area contributed by atoms with Gasteiger partial charge in [-0.25, -0.2) is 0 Å². The Labute approximate surface area is 122 Å². The van der Waals surface area contributed by atoms with Crippen LogP contribution in [0.15, 0.2) is 41.4 Å². The van der Waals surface area contributed by atoms with E-state index < -0.39 is 5.72 Å². The molecule has 0 saturated carbocycles. The Morgan fingerprint density at radius 3 is 2.80 bits per heavy atom.